The molecule has 0 fully saturated rings. The van der Waals surface area contributed by atoms with Gasteiger partial charge in [-0.15, -0.1) is 0 Å². The zero-order valence-corrected chi connectivity index (χ0v) is 7.71. The van der Waals surface area contributed by atoms with Gasteiger partial charge in [-0.2, -0.15) is 0 Å². The van der Waals surface area contributed by atoms with Crippen LogP contribution in [0.3, 0.4) is 0 Å². The molecule has 0 heterocycles. The van der Waals surface area contributed by atoms with Crippen molar-refractivity contribution in [1.29, 1.82) is 0 Å². The first-order chi connectivity index (χ1) is 6.61. The topological polar surface area (TPSA) is 54.4 Å². The van der Waals surface area contributed by atoms with Crippen LogP contribution < -0.4 is 0 Å². The molecule has 14 heavy (non-hydrogen) atoms. The Bertz CT molecular complexity index is 474. The Hall–Kier alpha value is -1.61. The second kappa shape index (κ2) is 2.96. The van der Waals surface area contributed by atoms with Gasteiger partial charge in [-0.1, -0.05) is 23.7 Å². The number of Topliss-reactive ketones (excluding diaryl/α,β-unsaturated/α-hetero) is 1. The van der Waals surface area contributed by atoms with Gasteiger partial charge in [0, 0.05) is 11.6 Å². The summed E-state index contributed by atoms with van der Waals surface area (Å²) in [4.78, 5) is 22.5. The summed E-state index contributed by atoms with van der Waals surface area (Å²) in [6, 6.07) is 4.65. The van der Waals surface area contributed by atoms with Crippen molar-refractivity contribution in [3.8, 4) is 0 Å². The Labute approximate surface area is 84.6 Å². The number of benzene rings is 1. The average molecular weight is 209 g/mol. The fraction of sp³-hybridized carbons (Fsp3) is 0. The second-order valence-electron chi connectivity index (χ2n) is 2.89. The molecule has 0 aromatic heterocycles. The normalized spacial score (nSPS) is 15.1. The van der Waals surface area contributed by atoms with Crippen LogP contribution in [0.4, 0.5) is 0 Å². The number of hydrogen-bond donors (Lipinski definition) is 1. The molecule has 1 aromatic carbocycles. The highest BCUT2D eigenvalue weighted by molar-refractivity contribution is 6.53. The van der Waals surface area contributed by atoms with Gasteiger partial charge < -0.3 is 5.11 Å². The monoisotopic (exact) mass is 208 g/mol. The number of carbonyl (C=O) groups excluding carboxylic acids is 2. The molecule has 0 aliphatic heterocycles. The van der Waals surface area contributed by atoms with E-state index < -0.39 is 11.6 Å². The number of rotatable bonds is 0. The number of aliphatic hydroxyl groups excluding tert-OH is 1. The Balaban J connectivity index is 2.78. The lowest BCUT2D eigenvalue weighted by Gasteiger charge is -2.12. The van der Waals surface area contributed by atoms with Crippen LogP contribution in [0, 0.1) is 0 Å². The molecule has 3 nitrogen and oxygen atoms in total. The van der Waals surface area contributed by atoms with Crippen LogP contribution in [-0.4, -0.2) is 16.7 Å². The van der Waals surface area contributed by atoms with Gasteiger partial charge in [0.25, 0.3) is 0 Å². The standard InChI is InChI=1S/C10H5ClO3/c11-6-3-1-2-5-7(12)4-8(13)10(14)9(5)6/h1-4,12H. The molecule has 0 bridgehead atoms. The third-order valence-electron chi connectivity index (χ3n) is 2.01. The van der Waals surface area contributed by atoms with E-state index in [1.807, 2.05) is 0 Å². The molecular formula is C10H5ClO3. The summed E-state index contributed by atoms with van der Waals surface area (Å²) < 4.78 is 0. The highest BCUT2D eigenvalue weighted by Gasteiger charge is 2.27. The smallest absolute Gasteiger partial charge is 0.235 e. The van der Waals surface area contributed by atoms with E-state index in [9.17, 15) is 14.7 Å². The van der Waals surface area contributed by atoms with Gasteiger partial charge in [0.05, 0.1) is 10.6 Å². The molecule has 0 radical (unpaired) electrons. The molecule has 0 saturated heterocycles. The highest BCUT2D eigenvalue weighted by Crippen LogP contribution is 2.28. The number of allylic oxidation sites excluding steroid dienone is 1. The van der Waals surface area contributed by atoms with Crippen molar-refractivity contribution >= 4 is 28.9 Å². The van der Waals surface area contributed by atoms with Gasteiger partial charge in [-0.25, -0.2) is 0 Å². The first-order valence-electron chi connectivity index (χ1n) is 3.89. The van der Waals surface area contributed by atoms with Gasteiger partial charge in [0.2, 0.25) is 11.6 Å². The number of fused-ring (bicyclic) bond motifs is 1. The number of halogens is 1. The Morgan fingerprint density at radius 3 is 2.64 bits per heavy atom. The molecule has 70 valence electrons. The van der Waals surface area contributed by atoms with Crippen molar-refractivity contribution in [3.05, 3.63) is 40.4 Å². The van der Waals surface area contributed by atoms with Crippen molar-refractivity contribution in [2.75, 3.05) is 0 Å². The summed E-state index contributed by atoms with van der Waals surface area (Å²) in [5.41, 5.74) is 0.390. The van der Waals surface area contributed by atoms with E-state index in [1.165, 1.54) is 12.1 Å². The van der Waals surface area contributed by atoms with Crippen LogP contribution in [0.2, 0.25) is 5.02 Å². The van der Waals surface area contributed by atoms with Crippen LogP contribution in [0.1, 0.15) is 15.9 Å². The minimum Gasteiger partial charge on any atom is -0.507 e. The number of hydrogen-bond acceptors (Lipinski definition) is 3. The average Bonchev–Trinajstić information content (AvgIpc) is 2.14. The summed E-state index contributed by atoms with van der Waals surface area (Å²) in [6.45, 7) is 0. The zero-order chi connectivity index (χ0) is 10.3. The van der Waals surface area contributed by atoms with Crippen LogP contribution in [0.25, 0.3) is 5.76 Å². The number of ketones is 2. The molecule has 0 amide bonds. The van der Waals surface area contributed by atoms with Crippen molar-refractivity contribution in [1.82, 2.24) is 0 Å². The molecule has 2 rings (SSSR count). The molecule has 0 atom stereocenters. The van der Waals surface area contributed by atoms with E-state index in [2.05, 4.69) is 0 Å². The predicted molar refractivity (Wildman–Crippen MR) is 51.4 cm³/mol. The Morgan fingerprint density at radius 1 is 1.21 bits per heavy atom. The summed E-state index contributed by atoms with van der Waals surface area (Å²) in [5, 5.41) is 9.58. The summed E-state index contributed by atoms with van der Waals surface area (Å²) in [6.07, 6.45) is 0.904. The SMILES string of the molecule is O=C1C=C(O)c2cccc(Cl)c2C1=O. The Kier molecular flexibility index (Phi) is 1.89. The predicted octanol–water partition coefficient (Wildman–Crippen LogP) is 2.00. The number of aliphatic hydroxyl groups is 1. The van der Waals surface area contributed by atoms with Gasteiger partial charge in [-0.3, -0.25) is 9.59 Å². The number of carbonyl (C=O) groups is 2. The maximum Gasteiger partial charge on any atom is 0.235 e. The van der Waals surface area contributed by atoms with Crippen molar-refractivity contribution < 1.29 is 14.7 Å². The minimum atomic E-state index is -0.747. The van der Waals surface area contributed by atoms with Gasteiger partial charge in [0.15, 0.2) is 0 Å². The zero-order valence-electron chi connectivity index (χ0n) is 6.95. The van der Waals surface area contributed by atoms with Gasteiger partial charge in [0.1, 0.15) is 5.76 Å². The van der Waals surface area contributed by atoms with Crippen LogP contribution in [-0.2, 0) is 4.79 Å². The molecule has 1 aliphatic carbocycles. The highest BCUT2D eigenvalue weighted by atomic mass is 35.5. The molecular weight excluding hydrogens is 204 g/mol. The second-order valence-corrected chi connectivity index (χ2v) is 3.29. The van der Waals surface area contributed by atoms with Crippen LogP contribution in [0.15, 0.2) is 24.3 Å². The lowest BCUT2D eigenvalue weighted by molar-refractivity contribution is -0.111. The largest absolute Gasteiger partial charge is 0.507 e. The van der Waals surface area contributed by atoms with E-state index in [0.29, 0.717) is 5.56 Å². The van der Waals surface area contributed by atoms with Crippen LogP contribution >= 0.6 is 11.6 Å². The van der Waals surface area contributed by atoms with E-state index in [0.717, 1.165) is 6.08 Å². The first-order valence-corrected chi connectivity index (χ1v) is 4.27. The lowest BCUT2D eigenvalue weighted by Crippen LogP contribution is -2.19. The van der Waals surface area contributed by atoms with E-state index in [1.54, 1.807) is 6.07 Å². The summed E-state index contributed by atoms with van der Waals surface area (Å²) in [7, 11) is 0. The van der Waals surface area contributed by atoms with E-state index >= 15 is 0 Å². The van der Waals surface area contributed by atoms with Crippen molar-refractivity contribution in [2.24, 2.45) is 0 Å². The molecule has 4 heteroatoms. The third kappa shape index (κ3) is 1.14. The van der Waals surface area contributed by atoms with Gasteiger partial charge in [-0.05, 0) is 6.07 Å². The fourth-order valence-electron chi connectivity index (χ4n) is 1.36. The van der Waals surface area contributed by atoms with Crippen LogP contribution in [0.5, 0.6) is 0 Å². The molecule has 0 saturated carbocycles. The molecule has 0 unspecified atom stereocenters. The quantitative estimate of drug-likeness (QED) is 0.664. The maximum absolute atomic E-state index is 11.4. The fourth-order valence-corrected chi connectivity index (χ4v) is 1.62. The van der Waals surface area contributed by atoms with E-state index in [-0.39, 0.29) is 16.3 Å². The summed E-state index contributed by atoms with van der Waals surface area (Å²) in [5.74, 6) is -1.64. The van der Waals surface area contributed by atoms with E-state index in [4.69, 9.17) is 11.6 Å². The van der Waals surface area contributed by atoms with Gasteiger partial charge >= 0.3 is 0 Å². The molecule has 1 N–H and O–H groups in total. The minimum absolute atomic E-state index is 0.0826. The first kappa shape index (κ1) is 8.97. The Morgan fingerprint density at radius 2 is 1.93 bits per heavy atom. The third-order valence-corrected chi connectivity index (χ3v) is 2.32. The molecule has 0 spiro atoms. The molecule has 1 aliphatic rings. The van der Waals surface area contributed by atoms with Crippen molar-refractivity contribution in [2.45, 2.75) is 0 Å². The lowest BCUT2D eigenvalue weighted by atomic mass is 9.94. The molecule has 1 aromatic rings. The maximum atomic E-state index is 11.4. The summed E-state index contributed by atoms with van der Waals surface area (Å²) >= 11 is 5.76. The van der Waals surface area contributed by atoms with Crippen molar-refractivity contribution in [3.63, 3.8) is 0 Å².